The summed E-state index contributed by atoms with van der Waals surface area (Å²) < 4.78 is 22.8. The first-order chi connectivity index (χ1) is 12.7. The van der Waals surface area contributed by atoms with E-state index in [1.807, 2.05) is 27.7 Å². The third-order valence-corrected chi connectivity index (χ3v) is 5.91. The first kappa shape index (κ1) is 20.2. The minimum absolute atomic E-state index is 0.213. The Kier molecular flexibility index (Phi) is 5.84. The second-order valence-corrected chi connectivity index (χ2v) is 8.20. The third kappa shape index (κ3) is 4.31. The van der Waals surface area contributed by atoms with Crippen molar-refractivity contribution in [1.29, 1.82) is 0 Å². The van der Waals surface area contributed by atoms with E-state index in [2.05, 4.69) is 29.2 Å². The quantitative estimate of drug-likeness (QED) is 0.583. The maximum atomic E-state index is 12.0. The number of carbonyl (C=O) groups is 1. The molecule has 148 valence electrons. The van der Waals surface area contributed by atoms with Gasteiger partial charge in [-0.3, -0.25) is 4.79 Å². The molecule has 0 bridgehead atoms. The number of nitrogens with zero attached hydrogens (tertiary/aromatic N) is 1. The molecule has 2 aliphatic heterocycles. The van der Waals surface area contributed by atoms with Crippen LogP contribution in [0.4, 0.5) is 5.69 Å². The molecule has 0 N–H and O–H groups in total. The van der Waals surface area contributed by atoms with Gasteiger partial charge in [0.2, 0.25) is 0 Å². The van der Waals surface area contributed by atoms with E-state index in [0.717, 1.165) is 37.6 Å². The average molecular weight is 375 g/mol. The number of rotatable bonds is 5. The fourth-order valence-electron chi connectivity index (χ4n) is 3.44. The zero-order valence-electron chi connectivity index (χ0n) is 17.0. The van der Waals surface area contributed by atoms with Crippen LogP contribution in [0.5, 0.6) is 0 Å². The van der Waals surface area contributed by atoms with Crippen LogP contribution in [0.15, 0.2) is 24.3 Å². The number of ether oxygens (including phenoxy) is 2. The highest BCUT2D eigenvalue weighted by atomic mass is 16.7. The van der Waals surface area contributed by atoms with Crippen molar-refractivity contribution in [3.05, 3.63) is 29.8 Å². The average Bonchev–Trinajstić information content (AvgIpc) is 2.87. The molecule has 0 amide bonds. The Morgan fingerprint density at radius 2 is 1.67 bits per heavy atom. The predicted molar refractivity (Wildman–Crippen MR) is 105 cm³/mol. The molecule has 1 aromatic carbocycles. The molecule has 0 aliphatic carbocycles. The van der Waals surface area contributed by atoms with Crippen molar-refractivity contribution < 1.29 is 23.6 Å². The van der Waals surface area contributed by atoms with E-state index in [9.17, 15) is 4.79 Å². The van der Waals surface area contributed by atoms with E-state index in [-0.39, 0.29) is 18.2 Å². The minimum Gasteiger partial charge on any atom is -0.469 e. The lowest BCUT2D eigenvalue weighted by molar-refractivity contribution is -0.140. The van der Waals surface area contributed by atoms with Gasteiger partial charge in [0.05, 0.1) is 37.9 Å². The van der Waals surface area contributed by atoms with Gasteiger partial charge in [-0.05, 0) is 45.4 Å². The second-order valence-electron chi connectivity index (χ2n) is 8.20. The zero-order valence-corrected chi connectivity index (χ0v) is 17.0. The van der Waals surface area contributed by atoms with E-state index in [1.54, 1.807) is 0 Å². The van der Waals surface area contributed by atoms with E-state index < -0.39 is 18.3 Å². The lowest BCUT2D eigenvalue weighted by Crippen LogP contribution is -2.41. The molecule has 0 spiro atoms. The van der Waals surface area contributed by atoms with Crippen molar-refractivity contribution in [2.24, 2.45) is 0 Å². The smallest absolute Gasteiger partial charge is 0.466 e. The fraction of sp³-hybridized carbons (Fsp3) is 0.650. The fourth-order valence-corrected chi connectivity index (χ4v) is 3.44. The number of anilines is 1. The Balaban J connectivity index is 1.82. The van der Waals surface area contributed by atoms with Gasteiger partial charge in [-0.2, -0.15) is 0 Å². The molecule has 1 aromatic rings. The van der Waals surface area contributed by atoms with Gasteiger partial charge >= 0.3 is 13.1 Å². The third-order valence-electron chi connectivity index (χ3n) is 5.91. The largest absolute Gasteiger partial charge is 0.469 e. The summed E-state index contributed by atoms with van der Waals surface area (Å²) in [7, 11) is 0.911. The maximum absolute atomic E-state index is 12.0. The molecule has 7 heteroatoms. The number of methoxy groups -OCH3 is 1. The summed E-state index contributed by atoms with van der Waals surface area (Å²) in [4.78, 5) is 14.3. The van der Waals surface area contributed by atoms with Crippen LogP contribution in [0.2, 0.25) is 0 Å². The summed E-state index contributed by atoms with van der Waals surface area (Å²) >= 11 is 0. The first-order valence-corrected chi connectivity index (χ1v) is 9.58. The summed E-state index contributed by atoms with van der Waals surface area (Å²) in [6.45, 7) is 11.4. The molecule has 2 heterocycles. The van der Waals surface area contributed by atoms with Crippen LogP contribution in [0.1, 0.15) is 45.5 Å². The van der Waals surface area contributed by atoms with Gasteiger partial charge in [0.25, 0.3) is 0 Å². The van der Waals surface area contributed by atoms with Crippen molar-refractivity contribution in [2.45, 2.75) is 51.1 Å². The molecule has 2 aliphatic rings. The summed E-state index contributed by atoms with van der Waals surface area (Å²) in [6.07, 6.45) is 0.213. The zero-order chi connectivity index (χ0) is 19.7. The topological polar surface area (TPSA) is 57.2 Å². The SMILES string of the molecule is COC(=O)CC(B1OC(C)(C)C(C)(C)O1)c1ccc(N2CCOCC2)cc1. The van der Waals surface area contributed by atoms with Gasteiger partial charge < -0.3 is 23.7 Å². The summed E-state index contributed by atoms with van der Waals surface area (Å²) in [5.74, 6) is -0.496. The number of carbonyl (C=O) groups excluding carboxylic acids is 1. The normalized spacial score (nSPS) is 22.6. The van der Waals surface area contributed by atoms with E-state index in [4.69, 9.17) is 18.8 Å². The summed E-state index contributed by atoms with van der Waals surface area (Å²) in [6, 6.07) is 8.30. The van der Waals surface area contributed by atoms with Crippen LogP contribution in [0, 0.1) is 0 Å². The number of benzene rings is 1. The van der Waals surface area contributed by atoms with E-state index in [1.165, 1.54) is 7.11 Å². The minimum atomic E-state index is -0.497. The van der Waals surface area contributed by atoms with Crippen molar-refractivity contribution >= 4 is 18.8 Å². The molecule has 3 rings (SSSR count). The molecule has 27 heavy (non-hydrogen) atoms. The Morgan fingerprint density at radius 3 is 2.19 bits per heavy atom. The van der Waals surface area contributed by atoms with Crippen LogP contribution in [0.3, 0.4) is 0 Å². The molecule has 0 aromatic heterocycles. The second kappa shape index (κ2) is 7.82. The summed E-state index contributed by atoms with van der Waals surface area (Å²) in [5.41, 5.74) is 1.28. The van der Waals surface area contributed by atoms with Crippen LogP contribution in [-0.2, 0) is 23.6 Å². The number of hydrogen-bond acceptors (Lipinski definition) is 6. The first-order valence-electron chi connectivity index (χ1n) is 9.58. The molecule has 6 nitrogen and oxygen atoms in total. The van der Waals surface area contributed by atoms with Crippen molar-refractivity contribution in [2.75, 3.05) is 38.3 Å². The Bertz CT molecular complexity index is 639. The predicted octanol–water partition coefficient (Wildman–Crippen LogP) is 2.80. The van der Waals surface area contributed by atoms with Gasteiger partial charge in [-0.25, -0.2) is 0 Å². The number of esters is 1. The Hall–Kier alpha value is -1.57. The van der Waals surface area contributed by atoms with Gasteiger partial charge in [0, 0.05) is 24.6 Å². The molecular weight excluding hydrogens is 345 g/mol. The van der Waals surface area contributed by atoms with Gasteiger partial charge in [0.15, 0.2) is 0 Å². The number of hydrogen-bond donors (Lipinski definition) is 0. The van der Waals surface area contributed by atoms with Gasteiger partial charge in [-0.15, -0.1) is 0 Å². The lowest BCUT2D eigenvalue weighted by atomic mass is 9.66. The molecule has 1 atom stereocenters. The lowest BCUT2D eigenvalue weighted by Gasteiger charge is -2.32. The van der Waals surface area contributed by atoms with Crippen LogP contribution < -0.4 is 4.90 Å². The monoisotopic (exact) mass is 375 g/mol. The van der Waals surface area contributed by atoms with Gasteiger partial charge in [0.1, 0.15) is 0 Å². The van der Waals surface area contributed by atoms with Crippen molar-refractivity contribution in [1.82, 2.24) is 0 Å². The van der Waals surface area contributed by atoms with Crippen LogP contribution in [-0.4, -0.2) is 57.7 Å². The van der Waals surface area contributed by atoms with Crippen molar-refractivity contribution in [3.63, 3.8) is 0 Å². The van der Waals surface area contributed by atoms with Crippen LogP contribution in [0.25, 0.3) is 0 Å². The van der Waals surface area contributed by atoms with Gasteiger partial charge in [-0.1, -0.05) is 12.1 Å². The molecular formula is C20H30BNO5. The highest BCUT2D eigenvalue weighted by molar-refractivity contribution is 6.48. The number of morpholine rings is 1. The Labute approximate surface area is 162 Å². The van der Waals surface area contributed by atoms with E-state index in [0.29, 0.717) is 0 Å². The maximum Gasteiger partial charge on any atom is 0.466 e. The van der Waals surface area contributed by atoms with Crippen LogP contribution >= 0.6 is 0 Å². The molecule has 2 saturated heterocycles. The summed E-state index contributed by atoms with van der Waals surface area (Å²) in [5, 5.41) is 0. The highest BCUT2D eigenvalue weighted by Gasteiger charge is 2.54. The highest BCUT2D eigenvalue weighted by Crippen LogP contribution is 2.42. The van der Waals surface area contributed by atoms with E-state index >= 15 is 0 Å². The molecule has 0 saturated carbocycles. The molecule has 0 radical (unpaired) electrons. The standard InChI is InChI=1S/C20H30BNO5/c1-19(2)20(3,4)27-21(26-19)17(14-18(23)24-5)15-6-8-16(9-7-15)22-10-12-25-13-11-22/h6-9,17H,10-14H2,1-5H3. The Morgan fingerprint density at radius 1 is 1.11 bits per heavy atom. The molecule has 2 fully saturated rings. The molecule has 1 unspecified atom stereocenters. The van der Waals surface area contributed by atoms with Crippen molar-refractivity contribution in [3.8, 4) is 0 Å².